The first-order chi connectivity index (χ1) is 15.6. The molecule has 0 spiro atoms. The van der Waals surface area contributed by atoms with Gasteiger partial charge in [0.2, 0.25) is 5.91 Å². The molecule has 3 aromatic carbocycles. The zero-order valence-corrected chi connectivity index (χ0v) is 17.3. The molecule has 1 heterocycles. The van der Waals surface area contributed by atoms with Gasteiger partial charge in [0.15, 0.2) is 18.2 Å². The Balaban J connectivity index is 1.38. The van der Waals surface area contributed by atoms with Crippen LogP contribution in [0.5, 0.6) is 11.5 Å². The summed E-state index contributed by atoms with van der Waals surface area (Å²) >= 11 is 0. The van der Waals surface area contributed by atoms with E-state index >= 15 is 0 Å². The Labute approximate surface area is 185 Å². The highest BCUT2D eigenvalue weighted by Gasteiger charge is 2.18. The van der Waals surface area contributed by atoms with Crippen molar-refractivity contribution in [1.82, 2.24) is 5.32 Å². The molecular weight excluding hydrogens is 411 g/mol. The highest BCUT2D eigenvalue weighted by atomic mass is 19.1. The van der Waals surface area contributed by atoms with E-state index in [1.165, 1.54) is 6.07 Å². The fraction of sp³-hybridized carbons (Fsp3) is 0.200. The standard InChI is InChI=1S/C25H23FN2O4/c26-20-8-4-5-9-23(20)32-15-22(17-6-2-1-3-7-17)28-25(30)16-31-19-11-12-21-18(14-19)10-13-24(29)27-21/h1-9,11-12,14,22H,10,13,15-16H2,(H,27,29)(H,28,30). The van der Waals surface area contributed by atoms with E-state index in [9.17, 15) is 14.0 Å². The number of hydrogen-bond acceptors (Lipinski definition) is 4. The van der Waals surface area contributed by atoms with Crippen molar-refractivity contribution in [2.24, 2.45) is 0 Å². The molecule has 0 bridgehead atoms. The lowest BCUT2D eigenvalue weighted by Crippen LogP contribution is -2.35. The van der Waals surface area contributed by atoms with Gasteiger partial charge in [-0.3, -0.25) is 9.59 Å². The summed E-state index contributed by atoms with van der Waals surface area (Å²) in [6, 6.07) is 20.3. The van der Waals surface area contributed by atoms with Crippen LogP contribution in [0.1, 0.15) is 23.6 Å². The average Bonchev–Trinajstić information content (AvgIpc) is 2.82. The molecule has 1 atom stereocenters. The predicted molar refractivity (Wildman–Crippen MR) is 118 cm³/mol. The molecule has 32 heavy (non-hydrogen) atoms. The van der Waals surface area contributed by atoms with Gasteiger partial charge in [0.05, 0.1) is 6.04 Å². The first-order valence-electron chi connectivity index (χ1n) is 10.4. The molecule has 0 aliphatic carbocycles. The van der Waals surface area contributed by atoms with E-state index in [-0.39, 0.29) is 30.8 Å². The fourth-order valence-electron chi connectivity index (χ4n) is 3.48. The summed E-state index contributed by atoms with van der Waals surface area (Å²) in [6.07, 6.45) is 1.06. The number of ether oxygens (including phenoxy) is 2. The number of nitrogens with one attached hydrogen (secondary N) is 2. The topological polar surface area (TPSA) is 76.7 Å². The maximum Gasteiger partial charge on any atom is 0.258 e. The number of carbonyl (C=O) groups is 2. The lowest BCUT2D eigenvalue weighted by Gasteiger charge is -2.21. The highest BCUT2D eigenvalue weighted by molar-refractivity contribution is 5.94. The van der Waals surface area contributed by atoms with Crippen molar-refractivity contribution in [3.05, 3.63) is 89.7 Å². The first-order valence-corrected chi connectivity index (χ1v) is 10.4. The minimum atomic E-state index is -0.481. The molecular formula is C25H23FN2O4. The predicted octanol–water partition coefficient (Wildman–Crippen LogP) is 4.03. The largest absolute Gasteiger partial charge is 0.488 e. The summed E-state index contributed by atoms with van der Waals surface area (Å²) in [5, 5.41) is 5.71. The van der Waals surface area contributed by atoms with Crippen molar-refractivity contribution in [2.75, 3.05) is 18.5 Å². The van der Waals surface area contributed by atoms with Gasteiger partial charge in [-0.25, -0.2) is 4.39 Å². The SMILES string of the molecule is O=C1CCc2cc(OCC(=O)NC(COc3ccccc3F)c3ccccc3)ccc2N1. The number of anilines is 1. The van der Waals surface area contributed by atoms with Gasteiger partial charge in [-0.1, -0.05) is 42.5 Å². The lowest BCUT2D eigenvalue weighted by atomic mass is 10.0. The van der Waals surface area contributed by atoms with Crippen molar-refractivity contribution >= 4 is 17.5 Å². The van der Waals surface area contributed by atoms with Crippen LogP contribution in [-0.2, 0) is 16.0 Å². The minimum absolute atomic E-state index is 0.00453. The van der Waals surface area contributed by atoms with Crippen LogP contribution in [0.2, 0.25) is 0 Å². The van der Waals surface area contributed by atoms with Gasteiger partial charge in [-0.15, -0.1) is 0 Å². The van der Waals surface area contributed by atoms with Crippen LogP contribution < -0.4 is 20.1 Å². The number of aryl methyl sites for hydroxylation is 1. The third kappa shape index (κ3) is 5.43. The number of amides is 2. The molecule has 3 aromatic rings. The molecule has 0 saturated carbocycles. The van der Waals surface area contributed by atoms with E-state index in [2.05, 4.69) is 10.6 Å². The molecule has 4 rings (SSSR count). The molecule has 0 radical (unpaired) electrons. The molecule has 0 fully saturated rings. The summed E-state index contributed by atoms with van der Waals surface area (Å²) in [5.41, 5.74) is 2.58. The molecule has 2 N–H and O–H groups in total. The van der Waals surface area contributed by atoms with Crippen LogP contribution in [0, 0.1) is 5.82 Å². The van der Waals surface area contributed by atoms with Crippen LogP contribution in [0.3, 0.4) is 0 Å². The molecule has 6 nitrogen and oxygen atoms in total. The molecule has 164 valence electrons. The molecule has 7 heteroatoms. The van der Waals surface area contributed by atoms with Crippen LogP contribution in [0.25, 0.3) is 0 Å². The summed E-state index contributed by atoms with van der Waals surface area (Å²) in [7, 11) is 0. The quantitative estimate of drug-likeness (QED) is 0.561. The van der Waals surface area contributed by atoms with E-state index in [1.54, 1.807) is 30.3 Å². The summed E-state index contributed by atoms with van der Waals surface area (Å²) in [6.45, 7) is -0.122. The number of halogens is 1. The van der Waals surface area contributed by atoms with Gasteiger partial charge in [0, 0.05) is 12.1 Å². The molecule has 0 saturated heterocycles. The third-order valence-electron chi connectivity index (χ3n) is 5.12. The van der Waals surface area contributed by atoms with E-state index in [1.807, 2.05) is 36.4 Å². The summed E-state index contributed by atoms with van der Waals surface area (Å²) in [5.74, 6) is -0.122. The van der Waals surface area contributed by atoms with Gasteiger partial charge in [-0.05, 0) is 47.9 Å². The van der Waals surface area contributed by atoms with Crippen molar-refractivity contribution in [3.63, 3.8) is 0 Å². The Hall–Kier alpha value is -3.87. The first kappa shape index (κ1) is 21.4. The number of fused-ring (bicyclic) bond motifs is 1. The number of para-hydroxylation sites is 1. The van der Waals surface area contributed by atoms with Gasteiger partial charge in [-0.2, -0.15) is 0 Å². The Morgan fingerprint density at radius 2 is 1.78 bits per heavy atom. The monoisotopic (exact) mass is 434 g/mol. The lowest BCUT2D eigenvalue weighted by molar-refractivity contribution is -0.124. The minimum Gasteiger partial charge on any atom is -0.488 e. The molecule has 1 unspecified atom stereocenters. The van der Waals surface area contributed by atoms with Crippen LogP contribution in [0.15, 0.2) is 72.8 Å². The van der Waals surface area contributed by atoms with Crippen LogP contribution in [-0.4, -0.2) is 25.0 Å². The van der Waals surface area contributed by atoms with Crippen LogP contribution in [0.4, 0.5) is 10.1 Å². The zero-order chi connectivity index (χ0) is 22.3. The van der Waals surface area contributed by atoms with Crippen molar-refractivity contribution in [2.45, 2.75) is 18.9 Å². The van der Waals surface area contributed by atoms with Gasteiger partial charge < -0.3 is 20.1 Å². The Kier molecular flexibility index (Phi) is 6.65. The van der Waals surface area contributed by atoms with E-state index in [0.29, 0.717) is 18.6 Å². The average molecular weight is 434 g/mol. The summed E-state index contributed by atoms with van der Waals surface area (Å²) < 4.78 is 25.2. The number of rotatable bonds is 8. The molecule has 0 aromatic heterocycles. The Morgan fingerprint density at radius 1 is 1.00 bits per heavy atom. The number of hydrogen-bond donors (Lipinski definition) is 2. The summed E-state index contributed by atoms with van der Waals surface area (Å²) in [4.78, 5) is 24.1. The molecule has 1 aliphatic rings. The molecule has 2 amide bonds. The fourth-order valence-corrected chi connectivity index (χ4v) is 3.48. The second-order valence-electron chi connectivity index (χ2n) is 7.43. The van der Waals surface area contributed by atoms with Gasteiger partial charge in [0.1, 0.15) is 12.4 Å². The number of benzene rings is 3. The van der Waals surface area contributed by atoms with Crippen molar-refractivity contribution < 1.29 is 23.5 Å². The Bertz CT molecular complexity index is 1100. The van der Waals surface area contributed by atoms with Crippen molar-refractivity contribution in [1.29, 1.82) is 0 Å². The second-order valence-corrected chi connectivity index (χ2v) is 7.43. The van der Waals surface area contributed by atoms with E-state index in [0.717, 1.165) is 16.8 Å². The van der Waals surface area contributed by atoms with E-state index < -0.39 is 11.9 Å². The normalized spacial score (nSPS) is 13.5. The van der Waals surface area contributed by atoms with Gasteiger partial charge in [0.25, 0.3) is 5.91 Å². The number of carbonyl (C=O) groups excluding carboxylic acids is 2. The smallest absolute Gasteiger partial charge is 0.258 e. The maximum atomic E-state index is 13.9. The highest BCUT2D eigenvalue weighted by Crippen LogP contribution is 2.27. The zero-order valence-electron chi connectivity index (χ0n) is 17.3. The van der Waals surface area contributed by atoms with E-state index in [4.69, 9.17) is 9.47 Å². The van der Waals surface area contributed by atoms with Crippen molar-refractivity contribution in [3.8, 4) is 11.5 Å². The Morgan fingerprint density at radius 3 is 2.59 bits per heavy atom. The van der Waals surface area contributed by atoms with Crippen LogP contribution >= 0.6 is 0 Å². The second kappa shape index (κ2) is 9.96. The maximum absolute atomic E-state index is 13.9. The molecule has 1 aliphatic heterocycles. The third-order valence-corrected chi connectivity index (χ3v) is 5.12. The van der Waals surface area contributed by atoms with Gasteiger partial charge >= 0.3 is 0 Å².